The largest absolute Gasteiger partial charge is 0.385 e. The fourth-order valence-electron chi connectivity index (χ4n) is 1.50. The van der Waals surface area contributed by atoms with Crippen molar-refractivity contribution in [2.75, 3.05) is 11.9 Å². The predicted octanol–water partition coefficient (Wildman–Crippen LogP) is 4.39. The van der Waals surface area contributed by atoms with Crippen molar-refractivity contribution in [1.29, 1.82) is 0 Å². The maximum atomic E-state index is 6.21. The molecule has 0 spiro atoms. The number of anilines is 1. The summed E-state index contributed by atoms with van der Waals surface area (Å²) in [4.78, 5) is 0. The summed E-state index contributed by atoms with van der Waals surface area (Å²) < 4.78 is 1.51. The number of nitrogens with one attached hydrogen (secondary N) is 1. The summed E-state index contributed by atoms with van der Waals surface area (Å²) >= 11 is 12.1. The van der Waals surface area contributed by atoms with Crippen LogP contribution < -0.4 is 5.32 Å². The minimum absolute atomic E-state index is 0.527. The van der Waals surface area contributed by atoms with Crippen molar-refractivity contribution in [3.8, 4) is 0 Å². The summed E-state index contributed by atoms with van der Waals surface area (Å²) in [6.07, 6.45) is 1.14. The Balaban J connectivity index is 2.58. The van der Waals surface area contributed by atoms with Gasteiger partial charge in [0.1, 0.15) is 0 Å². The molecule has 1 aliphatic rings. The summed E-state index contributed by atoms with van der Waals surface area (Å²) in [5.41, 5.74) is 2.42. The van der Waals surface area contributed by atoms with Crippen LogP contribution in [0.15, 0.2) is 16.6 Å². The second-order valence-corrected chi connectivity index (χ2v) is 5.74. The second-order valence-electron chi connectivity index (χ2n) is 3.01. The lowest BCUT2D eigenvalue weighted by atomic mass is 10.0. The zero-order chi connectivity index (χ0) is 9.42. The fourth-order valence-corrected chi connectivity index (χ4v) is 3.29. The molecule has 1 aliphatic heterocycles. The fraction of sp³-hybridized carbons (Fsp3) is 0.333. The number of fused-ring (bicyclic) bond motifs is 1. The van der Waals surface area contributed by atoms with Crippen molar-refractivity contribution in [3.63, 3.8) is 0 Å². The summed E-state index contributed by atoms with van der Waals surface area (Å²) in [7, 11) is 0. The van der Waals surface area contributed by atoms with Crippen molar-refractivity contribution in [3.05, 3.63) is 27.2 Å². The summed E-state index contributed by atoms with van der Waals surface area (Å²) in [6.45, 7) is 1.04. The van der Waals surface area contributed by atoms with Gasteiger partial charge in [-0.25, -0.2) is 0 Å². The van der Waals surface area contributed by atoms with Gasteiger partial charge in [-0.2, -0.15) is 0 Å². The van der Waals surface area contributed by atoms with E-state index in [1.165, 1.54) is 11.3 Å². The van der Waals surface area contributed by atoms with Crippen molar-refractivity contribution in [2.24, 2.45) is 0 Å². The van der Waals surface area contributed by atoms with Gasteiger partial charge < -0.3 is 5.32 Å². The number of alkyl halides is 1. The Hall–Kier alpha value is 0.520. The van der Waals surface area contributed by atoms with Gasteiger partial charge in [0.2, 0.25) is 0 Å². The molecule has 70 valence electrons. The lowest BCUT2D eigenvalue weighted by Crippen LogP contribution is -2.13. The van der Waals surface area contributed by atoms with E-state index in [-0.39, 0.29) is 0 Å². The zero-order valence-corrected chi connectivity index (χ0v) is 11.3. The third-order valence-corrected chi connectivity index (χ3v) is 4.70. The van der Waals surface area contributed by atoms with Crippen molar-refractivity contribution in [2.45, 2.75) is 10.3 Å². The molecular formula is C9H8BrClIN. The van der Waals surface area contributed by atoms with E-state index in [1.807, 2.05) is 6.07 Å². The standard InChI is InChI=1S/C9H8BrClIN/c10-5-1-2-7-8(9(5)11)6(12)3-4-13-7/h1-2,6,13H,3-4H2. The Morgan fingerprint density at radius 2 is 2.31 bits per heavy atom. The topological polar surface area (TPSA) is 12.0 Å². The third-order valence-electron chi connectivity index (χ3n) is 2.16. The van der Waals surface area contributed by atoms with Gasteiger partial charge in [-0.15, -0.1) is 0 Å². The van der Waals surface area contributed by atoms with E-state index in [0.29, 0.717) is 3.92 Å². The van der Waals surface area contributed by atoms with E-state index in [0.717, 1.165) is 22.5 Å². The monoisotopic (exact) mass is 371 g/mol. The molecule has 0 aliphatic carbocycles. The van der Waals surface area contributed by atoms with Crippen LogP contribution in [0.4, 0.5) is 5.69 Å². The van der Waals surface area contributed by atoms with Crippen LogP contribution in [0.2, 0.25) is 5.02 Å². The molecule has 0 fully saturated rings. The van der Waals surface area contributed by atoms with Crippen molar-refractivity contribution in [1.82, 2.24) is 0 Å². The average Bonchev–Trinajstić information content (AvgIpc) is 2.12. The van der Waals surface area contributed by atoms with Gasteiger partial charge >= 0.3 is 0 Å². The number of halogens is 3. The van der Waals surface area contributed by atoms with Gasteiger partial charge in [0.25, 0.3) is 0 Å². The first kappa shape index (κ1) is 10.1. The van der Waals surface area contributed by atoms with E-state index < -0.39 is 0 Å². The molecule has 1 heterocycles. The Labute approximate surface area is 105 Å². The molecule has 0 radical (unpaired) electrons. The molecule has 0 saturated carbocycles. The highest BCUT2D eigenvalue weighted by molar-refractivity contribution is 14.1. The Bertz CT molecular complexity index is 343. The first-order valence-corrected chi connectivity index (χ1v) is 6.47. The van der Waals surface area contributed by atoms with Gasteiger partial charge in [0, 0.05) is 26.2 Å². The van der Waals surface area contributed by atoms with E-state index in [2.05, 4.69) is 49.9 Å². The molecule has 0 saturated heterocycles. The number of benzene rings is 1. The number of rotatable bonds is 0. The van der Waals surface area contributed by atoms with E-state index in [1.54, 1.807) is 0 Å². The van der Waals surface area contributed by atoms with E-state index in [9.17, 15) is 0 Å². The van der Waals surface area contributed by atoms with Crippen LogP contribution in [0, 0.1) is 0 Å². The summed E-state index contributed by atoms with van der Waals surface area (Å²) in [5, 5.41) is 4.20. The number of hydrogen-bond acceptors (Lipinski definition) is 1. The molecule has 0 aromatic heterocycles. The highest BCUT2D eigenvalue weighted by Gasteiger charge is 2.21. The normalized spacial score (nSPS) is 20.7. The molecule has 0 bridgehead atoms. The lowest BCUT2D eigenvalue weighted by Gasteiger charge is -2.24. The molecule has 4 heteroatoms. The van der Waals surface area contributed by atoms with Crippen LogP contribution in [0.1, 0.15) is 15.9 Å². The van der Waals surface area contributed by atoms with Crippen LogP contribution in [0.25, 0.3) is 0 Å². The van der Waals surface area contributed by atoms with Crippen LogP contribution in [0.3, 0.4) is 0 Å². The molecule has 0 amide bonds. The number of hydrogen-bond donors (Lipinski definition) is 1. The van der Waals surface area contributed by atoms with Gasteiger partial charge in [0.15, 0.2) is 0 Å². The van der Waals surface area contributed by atoms with E-state index in [4.69, 9.17) is 11.6 Å². The van der Waals surface area contributed by atoms with Gasteiger partial charge in [-0.1, -0.05) is 34.2 Å². The molecule has 13 heavy (non-hydrogen) atoms. The highest BCUT2D eigenvalue weighted by Crippen LogP contribution is 2.43. The first-order valence-electron chi connectivity index (χ1n) is 4.06. The van der Waals surface area contributed by atoms with Gasteiger partial charge in [-0.05, 0) is 34.5 Å². The molecular weight excluding hydrogens is 364 g/mol. The molecule has 1 aromatic rings. The Morgan fingerprint density at radius 3 is 3.08 bits per heavy atom. The smallest absolute Gasteiger partial charge is 0.0611 e. The van der Waals surface area contributed by atoms with Crippen LogP contribution in [-0.4, -0.2) is 6.54 Å². The summed E-state index contributed by atoms with van der Waals surface area (Å²) in [6, 6.07) is 4.07. The van der Waals surface area contributed by atoms with Crippen molar-refractivity contribution < 1.29 is 0 Å². The zero-order valence-electron chi connectivity index (χ0n) is 6.78. The maximum Gasteiger partial charge on any atom is 0.0611 e. The lowest BCUT2D eigenvalue weighted by molar-refractivity contribution is 0.834. The summed E-state index contributed by atoms with van der Waals surface area (Å²) in [5.74, 6) is 0. The molecule has 1 aromatic carbocycles. The average molecular weight is 372 g/mol. The molecule has 1 unspecified atom stereocenters. The maximum absolute atomic E-state index is 6.21. The van der Waals surface area contributed by atoms with Gasteiger partial charge in [0.05, 0.1) is 5.02 Å². The molecule has 1 nitrogen and oxygen atoms in total. The Morgan fingerprint density at radius 1 is 1.54 bits per heavy atom. The van der Waals surface area contributed by atoms with Gasteiger partial charge in [-0.3, -0.25) is 0 Å². The molecule has 1 atom stereocenters. The molecule has 2 rings (SSSR count). The predicted molar refractivity (Wildman–Crippen MR) is 69.0 cm³/mol. The molecule has 1 N–H and O–H groups in total. The minimum atomic E-state index is 0.527. The Kier molecular flexibility index (Phi) is 3.05. The second kappa shape index (κ2) is 3.95. The van der Waals surface area contributed by atoms with Crippen LogP contribution in [-0.2, 0) is 0 Å². The van der Waals surface area contributed by atoms with E-state index >= 15 is 0 Å². The first-order chi connectivity index (χ1) is 6.20. The van der Waals surface area contributed by atoms with Crippen molar-refractivity contribution >= 4 is 55.8 Å². The van der Waals surface area contributed by atoms with Crippen LogP contribution >= 0.6 is 50.1 Å². The van der Waals surface area contributed by atoms with Crippen LogP contribution in [0.5, 0.6) is 0 Å². The SMILES string of the molecule is Clc1c(Br)ccc2c1C(I)CCN2. The quantitative estimate of drug-likeness (QED) is 0.526. The highest BCUT2D eigenvalue weighted by atomic mass is 127. The minimum Gasteiger partial charge on any atom is -0.385 e. The third kappa shape index (κ3) is 1.83.